The number of hydrogen-bond acceptors (Lipinski definition) is 4. The van der Waals surface area contributed by atoms with E-state index in [4.69, 9.17) is 19.9 Å². The Labute approximate surface area is 119 Å². The van der Waals surface area contributed by atoms with Crippen LogP contribution in [-0.2, 0) is 6.42 Å². The summed E-state index contributed by atoms with van der Waals surface area (Å²) in [5.41, 5.74) is 7.66. The second kappa shape index (κ2) is 6.82. The molecule has 0 fully saturated rings. The van der Waals surface area contributed by atoms with Gasteiger partial charge in [-0.25, -0.2) is 0 Å². The van der Waals surface area contributed by atoms with Crippen molar-refractivity contribution in [3.8, 4) is 17.2 Å². The van der Waals surface area contributed by atoms with Gasteiger partial charge >= 0.3 is 0 Å². The third-order valence-electron chi connectivity index (χ3n) is 3.06. The lowest BCUT2D eigenvalue weighted by molar-refractivity contribution is 0.326. The van der Waals surface area contributed by atoms with Crippen LogP contribution in [-0.4, -0.2) is 21.0 Å². The topological polar surface area (TPSA) is 53.7 Å². The quantitative estimate of drug-likeness (QED) is 0.822. The van der Waals surface area contributed by atoms with Gasteiger partial charge in [0, 0.05) is 12.5 Å². The molecule has 0 saturated heterocycles. The molecule has 106 valence electrons. The fraction of sp³-hybridized carbons (Fsp3) is 0.250. The van der Waals surface area contributed by atoms with Crippen molar-refractivity contribution in [2.24, 2.45) is 5.73 Å². The molecule has 0 atom stereocenters. The molecule has 0 unspecified atom stereocenters. The molecule has 0 bridgehead atoms. The fourth-order valence-corrected chi connectivity index (χ4v) is 2.02. The number of methoxy groups -OCH3 is 2. The van der Waals surface area contributed by atoms with E-state index in [1.54, 1.807) is 14.2 Å². The van der Waals surface area contributed by atoms with E-state index in [1.807, 2.05) is 42.5 Å². The Bertz CT molecular complexity index is 552. The second-order valence-electron chi connectivity index (χ2n) is 4.31. The summed E-state index contributed by atoms with van der Waals surface area (Å²) in [6.07, 6.45) is 0.788. The summed E-state index contributed by atoms with van der Waals surface area (Å²) in [4.78, 5) is 0. The van der Waals surface area contributed by atoms with Crippen molar-refractivity contribution in [1.82, 2.24) is 0 Å². The van der Waals surface area contributed by atoms with Crippen molar-refractivity contribution in [3.05, 3.63) is 53.6 Å². The second-order valence-corrected chi connectivity index (χ2v) is 4.31. The summed E-state index contributed by atoms with van der Waals surface area (Å²) in [6.45, 7) is 0.154. The molecule has 0 aliphatic carbocycles. The van der Waals surface area contributed by atoms with E-state index in [0.29, 0.717) is 5.75 Å². The van der Waals surface area contributed by atoms with Gasteiger partial charge in [-0.05, 0) is 29.3 Å². The predicted molar refractivity (Wildman–Crippen MR) is 78.5 cm³/mol. The Morgan fingerprint density at radius 1 is 0.900 bits per heavy atom. The van der Waals surface area contributed by atoms with E-state index in [0.717, 1.165) is 23.5 Å². The van der Waals surface area contributed by atoms with E-state index in [1.165, 1.54) is 5.56 Å². The molecule has 2 aromatic carbocycles. The Kier molecular flexibility index (Phi) is 4.85. The maximum absolute atomic E-state index is 5.40. The van der Waals surface area contributed by atoms with Crippen LogP contribution >= 0.6 is 0 Å². The first-order valence-corrected chi connectivity index (χ1v) is 6.39. The molecule has 2 rings (SSSR count). The van der Waals surface area contributed by atoms with Gasteiger partial charge in [-0.1, -0.05) is 18.2 Å². The van der Waals surface area contributed by atoms with Crippen LogP contribution in [0.1, 0.15) is 11.1 Å². The highest BCUT2D eigenvalue weighted by atomic mass is 16.5. The lowest BCUT2D eigenvalue weighted by Crippen LogP contribution is -2.07. The first-order chi connectivity index (χ1) is 9.76. The molecule has 0 radical (unpaired) electrons. The number of ether oxygens (including phenoxy) is 3. The van der Waals surface area contributed by atoms with E-state index in [9.17, 15) is 0 Å². The molecular formula is C16H19NO3. The molecule has 0 spiro atoms. The summed E-state index contributed by atoms with van der Waals surface area (Å²) < 4.78 is 15.8. The Hall–Kier alpha value is -2.20. The lowest BCUT2D eigenvalue weighted by atomic mass is 10.0. The molecule has 0 heterocycles. The number of nitrogens with two attached hydrogens (primary N) is 1. The van der Waals surface area contributed by atoms with Crippen LogP contribution in [0.15, 0.2) is 42.5 Å². The van der Waals surface area contributed by atoms with Crippen LogP contribution in [0.2, 0.25) is 0 Å². The van der Waals surface area contributed by atoms with Crippen LogP contribution < -0.4 is 19.9 Å². The first kappa shape index (κ1) is 14.2. The van der Waals surface area contributed by atoms with Crippen molar-refractivity contribution in [2.45, 2.75) is 6.42 Å². The molecule has 4 heteroatoms. The first-order valence-electron chi connectivity index (χ1n) is 6.39. The maximum atomic E-state index is 5.40. The minimum absolute atomic E-state index is 0.154. The molecular weight excluding hydrogens is 254 g/mol. The number of rotatable bonds is 6. The van der Waals surface area contributed by atoms with Gasteiger partial charge in [0.1, 0.15) is 24.0 Å². The van der Waals surface area contributed by atoms with Crippen LogP contribution in [0.5, 0.6) is 17.2 Å². The van der Waals surface area contributed by atoms with E-state index < -0.39 is 0 Å². The van der Waals surface area contributed by atoms with Crippen LogP contribution in [0, 0.1) is 0 Å². The molecule has 4 nitrogen and oxygen atoms in total. The zero-order chi connectivity index (χ0) is 14.4. The smallest absolute Gasteiger partial charge is 0.137 e. The summed E-state index contributed by atoms with van der Waals surface area (Å²) in [5, 5.41) is 0. The molecule has 20 heavy (non-hydrogen) atoms. The van der Waals surface area contributed by atoms with Crippen LogP contribution in [0.3, 0.4) is 0 Å². The predicted octanol–water partition coefficient (Wildman–Crippen LogP) is 2.59. The Morgan fingerprint density at radius 2 is 1.60 bits per heavy atom. The van der Waals surface area contributed by atoms with Gasteiger partial charge in [0.2, 0.25) is 0 Å². The van der Waals surface area contributed by atoms with Crippen LogP contribution in [0.25, 0.3) is 0 Å². The van der Waals surface area contributed by atoms with Gasteiger partial charge in [0.05, 0.1) is 14.2 Å². The van der Waals surface area contributed by atoms with Gasteiger partial charge in [0.25, 0.3) is 0 Å². The molecule has 0 aliphatic heterocycles. The third kappa shape index (κ3) is 3.42. The Morgan fingerprint density at radius 3 is 2.20 bits per heavy atom. The van der Waals surface area contributed by atoms with Crippen molar-refractivity contribution in [3.63, 3.8) is 0 Å². The average molecular weight is 273 g/mol. The van der Waals surface area contributed by atoms with Crippen molar-refractivity contribution in [1.29, 1.82) is 0 Å². The lowest BCUT2D eigenvalue weighted by Gasteiger charge is -2.11. The molecule has 0 aromatic heterocycles. The summed E-state index contributed by atoms with van der Waals surface area (Å²) >= 11 is 0. The van der Waals surface area contributed by atoms with E-state index >= 15 is 0 Å². The molecule has 0 saturated carbocycles. The van der Waals surface area contributed by atoms with Gasteiger partial charge in [-0.3, -0.25) is 5.73 Å². The highest BCUT2D eigenvalue weighted by Crippen LogP contribution is 2.27. The number of benzene rings is 2. The van der Waals surface area contributed by atoms with Gasteiger partial charge < -0.3 is 14.2 Å². The monoisotopic (exact) mass is 273 g/mol. The zero-order valence-electron chi connectivity index (χ0n) is 11.8. The van der Waals surface area contributed by atoms with Gasteiger partial charge in [-0.15, -0.1) is 0 Å². The standard InChI is InChI=1S/C16H19NO3/c1-18-14-6-3-12(4-7-14)9-13-5-8-15(20-11-17)10-16(13)19-2/h3-8,10H,9,11,17H2,1-2H3. The highest BCUT2D eigenvalue weighted by molar-refractivity contribution is 5.43. The fourth-order valence-electron chi connectivity index (χ4n) is 2.02. The summed E-state index contributed by atoms with van der Waals surface area (Å²) in [6, 6.07) is 13.7. The van der Waals surface area contributed by atoms with E-state index in [2.05, 4.69) is 0 Å². The highest BCUT2D eigenvalue weighted by Gasteiger charge is 2.06. The normalized spacial score (nSPS) is 10.2. The van der Waals surface area contributed by atoms with Crippen LogP contribution in [0.4, 0.5) is 0 Å². The molecule has 0 amide bonds. The zero-order valence-corrected chi connectivity index (χ0v) is 11.8. The SMILES string of the molecule is COc1ccc(Cc2ccc(OCN)cc2OC)cc1. The largest absolute Gasteiger partial charge is 0.497 e. The van der Waals surface area contributed by atoms with Crippen molar-refractivity contribution >= 4 is 0 Å². The maximum Gasteiger partial charge on any atom is 0.137 e. The Balaban J connectivity index is 2.18. The molecule has 2 aromatic rings. The summed E-state index contributed by atoms with van der Waals surface area (Å²) in [5.74, 6) is 2.36. The van der Waals surface area contributed by atoms with Gasteiger partial charge in [-0.2, -0.15) is 0 Å². The average Bonchev–Trinajstić information content (AvgIpc) is 2.50. The van der Waals surface area contributed by atoms with E-state index in [-0.39, 0.29) is 6.73 Å². The van der Waals surface area contributed by atoms with Crippen molar-refractivity contribution < 1.29 is 14.2 Å². The summed E-state index contributed by atoms with van der Waals surface area (Å²) in [7, 11) is 3.31. The van der Waals surface area contributed by atoms with Gasteiger partial charge in [0.15, 0.2) is 0 Å². The van der Waals surface area contributed by atoms with Crippen molar-refractivity contribution in [2.75, 3.05) is 21.0 Å². The third-order valence-corrected chi connectivity index (χ3v) is 3.06. The molecule has 0 aliphatic rings. The minimum Gasteiger partial charge on any atom is -0.497 e. The molecule has 2 N–H and O–H groups in total. The number of hydrogen-bond donors (Lipinski definition) is 1. The minimum atomic E-state index is 0.154.